The second kappa shape index (κ2) is 11.9. The molecule has 0 aromatic heterocycles. The zero-order valence-electron chi connectivity index (χ0n) is 18.1. The lowest BCUT2D eigenvalue weighted by Crippen LogP contribution is -2.43. The summed E-state index contributed by atoms with van der Waals surface area (Å²) in [4.78, 5) is 4.30. The highest BCUT2D eigenvalue weighted by atomic mass is 127. The summed E-state index contributed by atoms with van der Waals surface area (Å²) in [6.07, 6.45) is 3.12. The topological polar surface area (TPSA) is 83.0 Å². The quantitative estimate of drug-likeness (QED) is 0.317. The van der Waals surface area contributed by atoms with Gasteiger partial charge in [0.15, 0.2) is 5.96 Å². The molecular formula is C20H35IN4O3S. The van der Waals surface area contributed by atoms with Gasteiger partial charge >= 0.3 is 0 Å². The van der Waals surface area contributed by atoms with Gasteiger partial charge in [-0.3, -0.25) is 4.99 Å². The molecule has 1 aromatic carbocycles. The predicted octanol–water partition coefficient (Wildman–Crippen LogP) is 2.74. The molecule has 0 aliphatic carbocycles. The van der Waals surface area contributed by atoms with Gasteiger partial charge in [-0.25, -0.2) is 12.7 Å². The number of sulfonamides is 1. The highest BCUT2D eigenvalue weighted by Crippen LogP contribution is 2.22. The van der Waals surface area contributed by atoms with Crippen molar-refractivity contribution in [1.29, 1.82) is 0 Å². The van der Waals surface area contributed by atoms with Crippen LogP contribution < -0.4 is 15.4 Å². The van der Waals surface area contributed by atoms with E-state index in [9.17, 15) is 8.42 Å². The molecule has 29 heavy (non-hydrogen) atoms. The minimum atomic E-state index is -3.08. The molecule has 0 radical (unpaired) electrons. The van der Waals surface area contributed by atoms with Gasteiger partial charge in [-0.05, 0) is 51.2 Å². The number of nitrogens with zero attached hydrogens (tertiary/aromatic N) is 2. The largest absolute Gasteiger partial charge is 0.491 e. The Balaban J connectivity index is 0.00000420. The number of ether oxygens (including phenoxy) is 1. The first-order chi connectivity index (χ1) is 13.2. The number of piperidine rings is 1. The van der Waals surface area contributed by atoms with E-state index in [1.165, 1.54) is 11.8 Å². The van der Waals surface area contributed by atoms with E-state index in [4.69, 9.17) is 4.74 Å². The fraction of sp³-hybridized carbons (Fsp3) is 0.650. The zero-order valence-corrected chi connectivity index (χ0v) is 21.2. The molecule has 1 fully saturated rings. The van der Waals surface area contributed by atoms with Gasteiger partial charge in [0.1, 0.15) is 5.75 Å². The van der Waals surface area contributed by atoms with E-state index in [0.29, 0.717) is 25.6 Å². The lowest BCUT2D eigenvalue weighted by Gasteiger charge is -2.30. The Labute approximate surface area is 192 Å². The standard InChI is InChI=1S/C20H34N4O3S.HI/c1-15(2)27-19-12-16(3)6-7-18(19)14-23-20(21-4)22-13-17-8-10-24(11-9-17)28(5,25)26;/h6-7,12,15,17H,8-11,13-14H2,1-5H3,(H2,21,22,23);1H. The molecule has 0 spiro atoms. The van der Waals surface area contributed by atoms with Gasteiger partial charge in [0.25, 0.3) is 0 Å². The molecule has 2 rings (SSSR count). The zero-order chi connectivity index (χ0) is 20.7. The maximum absolute atomic E-state index is 11.6. The number of nitrogens with one attached hydrogen (secondary N) is 2. The predicted molar refractivity (Wildman–Crippen MR) is 130 cm³/mol. The Morgan fingerprint density at radius 2 is 1.93 bits per heavy atom. The van der Waals surface area contributed by atoms with Crippen LogP contribution in [0.5, 0.6) is 5.75 Å². The van der Waals surface area contributed by atoms with E-state index in [-0.39, 0.29) is 30.1 Å². The van der Waals surface area contributed by atoms with Crippen LogP contribution in [0.4, 0.5) is 0 Å². The lowest BCUT2D eigenvalue weighted by molar-refractivity contribution is 0.239. The maximum Gasteiger partial charge on any atom is 0.211 e. The van der Waals surface area contributed by atoms with Crippen molar-refractivity contribution in [3.63, 3.8) is 0 Å². The van der Waals surface area contributed by atoms with E-state index in [1.807, 2.05) is 13.8 Å². The number of hydrogen-bond donors (Lipinski definition) is 2. The number of halogens is 1. The summed E-state index contributed by atoms with van der Waals surface area (Å²) in [6, 6.07) is 6.22. The molecule has 1 aromatic rings. The highest BCUT2D eigenvalue weighted by molar-refractivity contribution is 14.0. The van der Waals surface area contributed by atoms with E-state index in [0.717, 1.165) is 36.7 Å². The number of guanidine groups is 1. The molecule has 0 bridgehead atoms. The average Bonchev–Trinajstić information content (AvgIpc) is 2.62. The first kappa shape index (κ1) is 26.0. The molecule has 1 saturated heterocycles. The molecule has 166 valence electrons. The minimum absolute atomic E-state index is 0. The minimum Gasteiger partial charge on any atom is -0.491 e. The van der Waals surface area contributed by atoms with Crippen molar-refractivity contribution in [2.24, 2.45) is 10.9 Å². The van der Waals surface area contributed by atoms with Crippen molar-refractivity contribution < 1.29 is 13.2 Å². The van der Waals surface area contributed by atoms with Crippen LogP contribution in [-0.2, 0) is 16.6 Å². The van der Waals surface area contributed by atoms with Crippen LogP contribution in [0.25, 0.3) is 0 Å². The van der Waals surface area contributed by atoms with Gasteiger partial charge in [-0.15, -0.1) is 24.0 Å². The molecule has 0 saturated carbocycles. The molecular weight excluding hydrogens is 503 g/mol. The summed E-state index contributed by atoms with van der Waals surface area (Å²) in [7, 11) is -1.32. The second-order valence-corrected chi connectivity index (χ2v) is 9.67. The van der Waals surface area contributed by atoms with Crippen LogP contribution in [0.3, 0.4) is 0 Å². The number of rotatable bonds is 7. The van der Waals surface area contributed by atoms with Crippen LogP contribution in [-0.4, -0.2) is 57.7 Å². The third kappa shape index (κ3) is 8.67. The first-order valence-electron chi connectivity index (χ1n) is 9.85. The number of aryl methyl sites for hydroxylation is 1. The van der Waals surface area contributed by atoms with Crippen LogP contribution >= 0.6 is 24.0 Å². The number of hydrogen-bond acceptors (Lipinski definition) is 4. The molecule has 0 atom stereocenters. The average molecular weight is 538 g/mol. The smallest absolute Gasteiger partial charge is 0.211 e. The van der Waals surface area contributed by atoms with Crippen LogP contribution in [0.2, 0.25) is 0 Å². The van der Waals surface area contributed by atoms with Gasteiger partial charge in [-0.2, -0.15) is 0 Å². The maximum atomic E-state index is 11.6. The van der Waals surface area contributed by atoms with E-state index >= 15 is 0 Å². The van der Waals surface area contributed by atoms with Crippen LogP contribution in [0.1, 0.15) is 37.8 Å². The van der Waals surface area contributed by atoms with Crippen LogP contribution in [0.15, 0.2) is 23.2 Å². The summed E-state index contributed by atoms with van der Waals surface area (Å²) in [6.45, 7) is 8.69. The number of aliphatic imine (C=N–C) groups is 1. The van der Waals surface area contributed by atoms with Crippen molar-refractivity contribution in [3.8, 4) is 5.75 Å². The molecule has 1 heterocycles. The van der Waals surface area contributed by atoms with Gasteiger partial charge in [-0.1, -0.05) is 12.1 Å². The third-order valence-electron chi connectivity index (χ3n) is 4.86. The van der Waals surface area contributed by atoms with E-state index in [2.05, 4.69) is 40.7 Å². The number of benzene rings is 1. The van der Waals surface area contributed by atoms with Crippen molar-refractivity contribution in [2.45, 2.75) is 46.3 Å². The molecule has 9 heteroatoms. The van der Waals surface area contributed by atoms with Crippen molar-refractivity contribution in [1.82, 2.24) is 14.9 Å². The Morgan fingerprint density at radius 3 is 2.48 bits per heavy atom. The second-order valence-electron chi connectivity index (χ2n) is 7.69. The molecule has 0 amide bonds. The monoisotopic (exact) mass is 538 g/mol. The molecule has 1 aliphatic heterocycles. The fourth-order valence-electron chi connectivity index (χ4n) is 3.26. The van der Waals surface area contributed by atoms with E-state index < -0.39 is 10.0 Å². The van der Waals surface area contributed by atoms with Gasteiger partial charge < -0.3 is 15.4 Å². The van der Waals surface area contributed by atoms with Crippen molar-refractivity contribution >= 4 is 40.0 Å². The molecule has 2 N–H and O–H groups in total. The summed E-state index contributed by atoms with van der Waals surface area (Å²) < 4.78 is 30.7. The normalized spacial score (nSPS) is 16.4. The Morgan fingerprint density at radius 1 is 1.28 bits per heavy atom. The van der Waals surface area contributed by atoms with Crippen molar-refractivity contribution in [3.05, 3.63) is 29.3 Å². The third-order valence-corrected chi connectivity index (χ3v) is 6.16. The van der Waals surface area contributed by atoms with Gasteiger partial charge in [0, 0.05) is 38.8 Å². The summed E-state index contributed by atoms with van der Waals surface area (Å²) in [5.41, 5.74) is 2.26. The Hall–Kier alpha value is -1.07. The summed E-state index contributed by atoms with van der Waals surface area (Å²) in [5.74, 6) is 2.07. The SMILES string of the molecule is CN=C(NCc1ccc(C)cc1OC(C)C)NCC1CCN(S(C)(=O)=O)CC1.I. The summed E-state index contributed by atoms with van der Waals surface area (Å²) >= 11 is 0. The molecule has 7 nitrogen and oxygen atoms in total. The molecule has 0 unspecified atom stereocenters. The first-order valence-corrected chi connectivity index (χ1v) is 11.7. The van der Waals surface area contributed by atoms with Crippen LogP contribution in [0, 0.1) is 12.8 Å². The Bertz CT molecular complexity index is 776. The van der Waals surface area contributed by atoms with Crippen molar-refractivity contribution in [2.75, 3.05) is 32.9 Å². The van der Waals surface area contributed by atoms with E-state index in [1.54, 1.807) is 11.4 Å². The van der Waals surface area contributed by atoms with Gasteiger partial charge in [0.2, 0.25) is 10.0 Å². The fourth-order valence-corrected chi connectivity index (χ4v) is 4.13. The van der Waals surface area contributed by atoms with Gasteiger partial charge in [0.05, 0.1) is 12.4 Å². The summed E-state index contributed by atoms with van der Waals surface area (Å²) in [5, 5.41) is 6.71. The lowest BCUT2D eigenvalue weighted by atomic mass is 9.98. The highest BCUT2D eigenvalue weighted by Gasteiger charge is 2.24. The molecule has 1 aliphatic rings. The Kier molecular flexibility index (Phi) is 10.7.